The first-order valence-electron chi connectivity index (χ1n) is 5.69. The summed E-state index contributed by atoms with van der Waals surface area (Å²) in [5, 5.41) is 2.11. The highest BCUT2D eigenvalue weighted by atomic mass is 32.1. The lowest BCUT2D eigenvalue weighted by atomic mass is 10.1. The van der Waals surface area contributed by atoms with Crippen LogP contribution >= 0.6 is 11.3 Å². The van der Waals surface area contributed by atoms with E-state index in [4.69, 9.17) is 0 Å². The molecule has 2 rings (SSSR count). The van der Waals surface area contributed by atoms with Gasteiger partial charge in [0.25, 0.3) is 0 Å². The highest BCUT2D eigenvalue weighted by Crippen LogP contribution is 2.11. The third-order valence-electron chi connectivity index (χ3n) is 2.50. The molecule has 0 spiro atoms. The summed E-state index contributed by atoms with van der Waals surface area (Å²) < 4.78 is 0. The van der Waals surface area contributed by atoms with E-state index >= 15 is 0 Å². The van der Waals surface area contributed by atoms with E-state index in [-0.39, 0.29) is 0 Å². The van der Waals surface area contributed by atoms with E-state index in [1.54, 1.807) is 11.3 Å². The molecule has 1 aromatic heterocycles. The Morgan fingerprint density at radius 3 is 2.62 bits per heavy atom. The predicted octanol–water partition coefficient (Wildman–Crippen LogP) is 4.78. The molecule has 0 fully saturated rings. The molecule has 82 valence electrons. The highest BCUT2D eigenvalue weighted by molar-refractivity contribution is 7.10. The second kappa shape index (κ2) is 6.29. The van der Waals surface area contributed by atoms with Crippen LogP contribution in [0.25, 0.3) is 6.08 Å². The summed E-state index contributed by atoms with van der Waals surface area (Å²) in [5.41, 5.74) is 1.44. The van der Waals surface area contributed by atoms with Crippen molar-refractivity contribution in [2.45, 2.75) is 19.3 Å². The molecule has 16 heavy (non-hydrogen) atoms. The molecule has 0 saturated heterocycles. The Morgan fingerprint density at radius 1 is 1.00 bits per heavy atom. The van der Waals surface area contributed by atoms with Crippen LogP contribution in [-0.4, -0.2) is 0 Å². The van der Waals surface area contributed by atoms with E-state index in [1.807, 2.05) is 0 Å². The summed E-state index contributed by atoms with van der Waals surface area (Å²) in [5.74, 6) is 0. The second-order valence-electron chi connectivity index (χ2n) is 3.80. The Balaban J connectivity index is 1.69. The Hall–Kier alpha value is -1.34. The molecule has 0 nitrogen and oxygen atoms in total. The van der Waals surface area contributed by atoms with Gasteiger partial charge in [-0.1, -0.05) is 42.5 Å². The number of benzene rings is 1. The van der Waals surface area contributed by atoms with Crippen LogP contribution in [0, 0.1) is 0 Å². The van der Waals surface area contributed by atoms with E-state index < -0.39 is 0 Å². The predicted molar refractivity (Wildman–Crippen MR) is 72.7 cm³/mol. The fraction of sp³-hybridized carbons (Fsp3) is 0.200. The van der Waals surface area contributed by atoms with Crippen molar-refractivity contribution in [3.05, 3.63) is 64.4 Å². The zero-order valence-corrected chi connectivity index (χ0v) is 10.1. The zero-order valence-electron chi connectivity index (χ0n) is 9.30. The van der Waals surface area contributed by atoms with Crippen LogP contribution < -0.4 is 0 Å². The molecule has 1 heterocycles. The van der Waals surface area contributed by atoms with Gasteiger partial charge in [-0.15, -0.1) is 11.3 Å². The van der Waals surface area contributed by atoms with Crippen molar-refractivity contribution >= 4 is 17.4 Å². The van der Waals surface area contributed by atoms with Gasteiger partial charge in [-0.25, -0.2) is 0 Å². The molecule has 0 bridgehead atoms. The Morgan fingerprint density at radius 2 is 1.88 bits per heavy atom. The number of unbranched alkanes of at least 4 members (excludes halogenated alkanes) is 1. The number of aryl methyl sites for hydroxylation is 1. The minimum absolute atomic E-state index is 1.16. The van der Waals surface area contributed by atoms with Gasteiger partial charge in [0, 0.05) is 4.88 Å². The van der Waals surface area contributed by atoms with Gasteiger partial charge in [0.15, 0.2) is 0 Å². The van der Waals surface area contributed by atoms with Crippen LogP contribution in [0.3, 0.4) is 0 Å². The van der Waals surface area contributed by atoms with E-state index in [0.717, 1.165) is 6.42 Å². The average molecular weight is 228 g/mol. The van der Waals surface area contributed by atoms with Crippen LogP contribution in [0.4, 0.5) is 0 Å². The van der Waals surface area contributed by atoms with Crippen LogP contribution in [-0.2, 0) is 6.42 Å². The van der Waals surface area contributed by atoms with Gasteiger partial charge in [-0.3, -0.25) is 0 Å². The Kier molecular flexibility index (Phi) is 4.38. The van der Waals surface area contributed by atoms with Crippen LogP contribution in [0.1, 0.15) is 23.3 Å². The normalized spacial score (nSPS) is 11.0. The maximum absolute atomic E-state index is 2.27. The first-order chi connectivity index (χ1) is 7.95. The fourth-order valence-corrected chi connectivity index (χ4v) is 2.30. The summed E-state index contributed by atoms with van der Waals surface area (Å²) in [6.07, 6.45) is 8.05. The lowest BCUT2D eigenvalue weighted by Gasteiger charge is -1.97. The van der Waals surface area contributed by atoms with Crippen LogP contribution in [0.15, 0.2) is 53.9 Å². The molecule has 0 atom stereocenters. The highest BCUT2D eigenvalue weighted by Gasteiger charge is 1.90. The van der Waals surface area contributed by atoms with Crippen molar-refractivity contribution in [3.8, 4) is 0 Å². The number of rotatable bonds is 5. The van der Waals surface area contributed by atoms with Crippen molar-refractivity contribution in [1.29, 1.82) is 0 Å². The largest absolute Gasteiger partial charge is 0.144 e. The fourth-order valence-electron chi connectivity index (χ4n) is 1.65. The van der Waals surface area contributed by atoms with Crippen LogP contribution in [0.2, 0.25) is 0 Å². The number of hydrogen-bond acceptors (Lipinski definition) is 1. The van der Waals surface area contributed by atoms with Crippen molar-refractivity contribution in [1.82, 2.24) is 0 Å². The first kappa shape index (κ1) is 11.2. The number of hydrogen-bond donors (Lipinski definition) is 0. The van der Waals surface area contributed by atoms with Gasteiger partial charge in [0.2, 0.25) is 0 Å². The maximum atomic E-state index is 2.27. The van der Waals surface area contributed by atoms with E-state index in [2.05, 4.69) is 60.0 Å². The van der Waals surface area contributed by atoms with Gasteiger partial charge in [0.05, 0.1) is 0 Å². The molecule has 0 radical (unpaired) electrons. The monoisotopic (exact) mass is 228 g/mol. The lowest BCUT2D eigenvalue weighted by molar-refractivity contribution is 0.845. The smallest absolute Gasteiger partial charge is 0.0267 e. The summed E-state index contributed by atoms with van der Waals surface area (Å²) in [6, 6.07) is 14.9. The molecule has 1 aromatic carbocycles. The Bertz CT molecular complexity index is 412. The maximum Gasteiger partial charge on any atom is 0.0267 e. The van der Waals surface area contributed by atoms with Gasteiger partial charge in [-0.05, 0) is 42.3 Å². The molecular weight excluding hydrogens is 212 g/mol. The molecule has 1 heteroatoms. The van der Waals surface area contributed by atoms with Gasteiger partial charge in [-0.2, -0.15) is 0 Å². The van der Waals surface area contributed by atoms with Crippen LogP contribution in [0.5, 0.6) is 0 Å². The zero-order chi connectivity index (χ0) is 11.1. The molecule has 0 amide bonds. The van der Waals surface area contributed by atoms with Crippen molar-refractivity contribution in [2.75, 3.05) is 0 Å². The van der Waals surface area contributed by atoms with E-state index in [0.29, 0.717) is 0 Å². The third kappa shape index (κ3) is 3.67. The van der Waals surface area contributed by atoms with Crippen molar-refractivity contribution < 1.29 is 0 Å². The second-order valence-corrected chi connectivity index (χ2v) is 4.77. The molecule has 0 saturated carbocycles. The third-order valence-corrected chi connectivity index (χ3v) is 3.34. The molecule has 0 aliphatic carbocycles. The summed E-state index contributed by atoms with van der Waals surface area (Å²) in [4.78, 5) is 1.35. The summed E-state index contributed by atoms with van der Waals surface area (Å²) >= 11 is 1.79. The topological polar surface area (TPSA) is 0 Å². The van der Waals surface area contributed by atoms with Crippen molar-refractivity contribution in [2.24, 2.45) is 0 Å². The summed E-state index contributed by atoms with van der Waals surface area (Å²) in [6.45, 7) is 0. The average Bonchev–Trinajstić information content (AvgIpc) is 2.83. The van der Waals surface area contributed by atoms with Crippen molar-refractivity contribution in [3.63, 3.8) is 0 Å². The Labute approximate surface area is 101 Å². The first-order valence-corrected chi connectivity index (χ1v) is 6.57. The van der Waals surface area contributed by atoms with Gasteiger partial charge in [0.1, 0.15) is 0 Å². The minimum atomic E-state index is 1.16. The number of thiophene rings is 1. The molecule has 0 N–H and O–H groups in total. The van der Waals surface area contributed by atoms with Gasteiger partial charge < -0.3 is 0 Å². The molecule has 0 aliphatic heterocycles. The van der Waals surface area contributed by atoms with Gasteiger partial charge >= 0.3 is 0 Å². The molecular formula is C15H16S. The molecule has 2 aromatic rings. The lowest BCUT2D eigenvalue weighted by Crippen LogP contribution is -1.82. The minimum Gasteiger partial charge on any atom is -0.144 e. The van der Waals surface area contributed by atoms with E-state index in [9.17, 15) is 0 Å². The SMILES string of the molecule is C(=C/c1cccs1)/CCCc1ccccc1. The quantitative estimate of drug-likeness (QED) is 0.646. The number of allylic oxidation sites excluding steroid dienone is 1. The molecule has 0 aliphatic rings. The molecule has 0 unspecified atom stereocenters. The van der Waals surface area contributed by atoms with E-state index in [1.165, 1.54) is 23.3 Å². The summed E-state index contributed by atoms with van der Waals surface area (Å²) in [7, 11) is 0. The standard InChI is InChI=1S/C15H16S/c1-3-8-14(9-4-1)10-5-2-6-11-15-12-7-13-16-15/h1,3-4,6-9,11-13H,2,5,10H2/b11-6-.